The minimum absolute atomic E-state index is 1.10. The van der Waals surface area contributed by atoms with Gasteiger partial charge in [0.2, 0.25) is 0 Å². The van der Waals surface area contributed by atoms with Crippen molar-refractivity contribution in [2.24, 2.45) is 0 Å². The van der Waals surface area contributed by atoms with Gasteiger partial charge in [0.15, 0.2) is 0 Å². The molecule has 2 aromatic heterocycles. The molecule has 0 atom stereocenters. The second kappa shape index (κ2) is 13.8. The normalized spacial score (nSPS) is 11.5. The minimum Gasteiger partial charge on any atom is -0.310 e. The second-order valence-corrected chi connectivity index (χ2v) is 15.6. The first-order valence-electron chi connectivity index (χ1n) is 19.4. The molecule has 0 saturated heterocycles. The van der Waals surface area contributed by atoms with Crippen LogP contribution in [0.2, 0.25) is 0 Å². The van der Waals surface area contributed by atoms with Gasteiger partial charge >= 0.3 is 0 Å². The molecule has 2 nitrogen and oxygen atoms in total. The van der Waals surface area contributed by atoms with E-state index in [9.17, 15) is 0 Å². The van der Waals surface area contributed by atoms with Crippen LogP contribution >= 0.6 is 11.3 Å². The van der Waals surface area contributed by atoms with Crippen LogP contribution in [-0.2, 0) is 0 Å². The Bertz CT molecular complexity index is 3170. The number of benzene rings is 9. The van der Waals surface area contributed by atoms with E-state index in [-0.39, 0.29) is 0 Å². The quantitative estimate of drug-likeness (QED) is 0.158. The summed E-state index contributed by atoms with van der Waals surface area (Å²) in [6.07, 6.45) is 0. The zero-order valence-electron chi connectivity index (χ0n) is 31.1. The number of thiophene rings is 1. The second-order valence-electron chi connectivity index (χ2n) is 14.5. The summed E-state index contributed by atoms with van der Waals surface area (Å²) in [7, 11) is 0. The molecule has 0 N–H and O–H groups in total. The first-order chi connectivity index (χ1) is 28.3. The lowest BCUT2D eigenvalue weighted by Crippen LogP contribution is -2.10. The topological polar surface area (TPSA) is 8.17 Å². The summed E-state index contributed by atoms with van der Waals surface area (Å²) in [6.45, 7) is 0. The molecule has 0 spiro atoms. The zero-order valence-corrected chi connectivity index (χ0v) is 31.9. The van der Waals surface area contributed by atoms with E-state index in [1.807, 2.05) is 11.3 Å². The van der Waals surface area contributed by atoms with Crippen LogP contribution in [0.25, 0.3) is 81.0 Å². The van der Waals surface area contributed by atoms with Crippen LogP contribution in [0, 0.1) is 0 Å². The molecule has 0 fully saturated rings. The smallest absolute Gasteiger partial charge is 0.0554 e. The van der Waals surface area contributed by atoms with Gasteiger partial charge in [-0.25, -0.2) is 0 Å². The third-order valence-corrected chi connectivity index (χ3v) is 12.4. The first kappa shape index (κ1) is 33.2. The molecule has 0 aliphatic rings. The van der Waals surface area contributed by atoms with Crippen LogP contribution in [0.5, 0.6) is 0 Å². The van der Waals surface area contributed by atoms with Crippen LogP contribution in [0.1, 0.15) is 0 Å². The van der Waals surface area contributed by atoms with Crippen molar-refractivity contribution in [3.8, 4) is 39.1 Å². The summed E-state index contributed by atoms with van der Waals surface area (Å²) in [5.41, 5.74) is 14.2. The van der Waals surface area contributed by atoms with Crippen LogP contribution in [0.3, 0.4) is 0 Å². The van der Waals surface area contributed by atoms with Crippen molar-refractivity contribution in [3.63, 3.8) is 0 Å². The van der Waals surface area contributed by atoms with Crippen LogP contribution in [0.4, 0.5) is 17.1 Å². The monoisotopic (exact) mass is 744 g/mol. The van der Waals surface area contributed by atoms with Crippen molar-refractivity contribution in [2.45, 2.75) is 0 Å². The van der Waals surface area contributed by atoms with E-state index in [1.54, 1.807) is 0 Å². The Balaban J connectivity index is 1.05. The first-order valence-corrected chi connectivity index (χ1v) is 20.3. The number of aromatic nitrogens is 1. The van der Waals surface area contributed by atoms with E-state index in [2.05, 4.69) is 228 Å². The van der Waals surface area contributed by atoms with Gasteiger partial charge in [0.25, 0.3) is 0 Å². The third-order valence-electron chi connectivity index (χ3n) is 11.2. The van der Waals surface area contributed by atoms with E-state index in [0.717, 1.165) is 11.4 Å². The predicted molar refractivity (Wildman–Crippen MR) is 245 cm³/mol. The number of rotatable bonds is 7. The molecule has 268 valence electrons. The van der Waals surface area contributed by atoms with Gasteiger partial charge in [-0.3, -0.25) is 0 Å². The number of para-hydroxylation sites is 3. The van der Waals surface area contributed by atoms with E-state index < -0.39 is 0 Å². The molecule has 0 unspecified atom stereocenters. The largest absolute Gasteiger partial charge is 0.310 e. The van der Waals surface area contributed by atoms with Crippen LogP contribution in [0.15, 0.2) is 218 Å². The highest BCUT2D eigenvalue weighted by atomic mass is 32.1. The summed E-state index contributed by atoms with van der Waals surface area (Å²) in [5.74, 6) is 0. The predicted octanol–water partition coefficient (Wildman–Crippen LogP) is 15.6. The fourth-order valence-corrected chi connectivity index (χ4v) is 9.78. The molecule has 0 aliphatic heterocycles. The zero-order chi connectivity index (χ0) is 37.7. The van der Waals surface area contributed by atoms with Crippen molar-refractivity contribution in [2.75, 3.05) is 4.90 Å². The van der Waals surface area contributed by atoms with Gasteiger partial charge in [0.05, 0.1) is 22.4 Å². The summed E-state index contributed by atoms with van der Waals surface area (Å²) in [6, 6.07) is 79.3. The molecule has 57 heavy (non-hydrogen) atoms. The number of fused-ring (bicyclic) bond motifs is 6. The lowest BCUT2D eigenvalue weighted by Gasteiger charge is -2.27. The van der Waals surface area contributed by atoms with Gasteiger partial charge in [-0.2, -0.15) is 0 Å². The average Bonchev–Trinajstić information content (AvgIpc) is 3.84. The standard InChI is InChI=1S/C54H36N2S/c1-2-15-37(16-3-1)42-17-4-5-18-43(42)38-29-33-40(34-30-38)55(51-26-14-28-53-54(51)47-22-9-13-27-52(47)57-53)41-35-31-39(32-36-41)44-19-6-10-23-48(44)56-49-24-11-7-20-45(49)46-21-8-12-25-50(46)56/h1-36H. The van der Waals surface area contributed by atoms with E-state index in [4.69, 9.17) is 0 Å². The summed E-state index contributed by atoms with van der Waals surface area (Å²) < 4.78 is 4.99. The molecule has 0 bridgehead atoms. The summed E-state index contributed by atoms with van der Waals surface area (Å²) >= 11 is 1.86. The molecule has 3 heteroatoms. The molecule has 0 aliphatic carbocycles. The number of hydrogen-bond acceptors (Lipinski definition) is 2. The van der Waals surface area contributed by atoms with E-state index in [1.165, 1.54) is 86.7 Å². The Morgan fingerprint density at radius 2 is 0.807 bits per heavy atom. The Morgan fingerprint density at radius 1 is 0.333 bits per heavy atom. The highest BCUT2D eigenvalue weighted by Crippen LogP contribution is 2.46. The molecular weight excluding hydrogens is 709 g/mol. The van der Waals surface area contributed by atoms with Crippen molar-refractivity contribution in [1.82, 2.24) is 4.57 Å². The molecule has 11 aromatic rings. The maximum absolute atomic E-state index is 2.43. The Hall–Kier alpha value is -7.20. The molecule has 0 amide bonds. The van der Waals surface area contributed by atoms with E-state index in [0.29, 0.717) is 0 Å². The van der Waals surface area contributed by atoms with Crippen molar-refractivity contribution in [3.05, 3.63) is 218 Å². The highest BCUT2D eigenvalue weighted by molar-refractivity contribution is 7.26. The fourth-order valence-electron chi connectivity index (χ4n) is 8.65. The van der Waals surface area contributed by atoms with Gasteiger partial charge in [0.1, 0.15) is 0 Å². The maximum Gasteiger partial charge on any atom is 0.0554 e. The summed E-state index contributed by atoms with van der Waals surface area (Å²) in [4.78, 5) is 2.43. The van der Waals surface area contributed by atoms with Gasteiger partial charge < -0.3 is 9.47 Å². The molecule has 0 saturated carbocycles. The number of hydrogen-bond donors (Lipinski definition) is 0. The Kier molecular flexibility index (Phi) is 8.04. The Labute approximate surface area is 335 Å². The Morgan fingerprint density at radius 3 is 1.46 bits per heavy atom. The van der Waals surface area contributed by atoms with Crippen LogP contribution < -0.4 is 4.90 Å². The van der Waals surface area contributed by atoms with Crippen molar-refractivity contribution in [1.29, 1.82) is 0 Å². The van der Waals surface area contributed by atoms with Crippen molar-refractivity contribution >= 4 is 70.4 Å². The SMILES string of the molecule is c1ccc(-c2ccccc2-c2ccc(N(c3ccc(-c4ccccc4-n4c5ccccc5c5ccccc54)cc3)c3cccc4sc5ccccc5c34)cc2)cc1. The lowest BCUT2D eigenvalue weighted by molar-refractivity contribution is 1.18. The van der Waals surface area contributed by atoms with Gasteiger partial charge in [-0.05, 0) is 88.5 Å². The summed E-state index contributed by atoms with van der Waals surface area (Å²) in [5, 5.41) is 5.08. The van der Waals surface area contributed by atoms with Gasteiger partial charge in [0, 0.05) is 47.9 Å². The highest BCUT2D eigenvalue weighted by Gasteiger charge is 2.20. The van der Waals surface area contributed by atoms with E-state index >= 15 is 0 Å². The molecule has 0 radical (unpaired) electrons. The van der Waals surface area contributed by atoms with Gasteiger partial charge in [-0.1, -0.05) is 158 Å². The average molecular weight is 745 g/mol. The number of nitrogens with zero attached hydrogens (tertiary/aromatic N) is 2. The lowest BCUT2D eigenvalue weighted by atomic mass is 9.94. The van der Waals surface area contributed by atoms with Crippen LogP contribution in [-0.4, -0.2) is 4.57 Å². The van der Waals surface area contributed by atoms with Gasteiger partial charge in [-0.15, -0.1) is 11.3 Å². The molecule has 2 heterocycles. The number of anilines is 3. The maximum atomic E-state index is 2.43. The molecule has 9 aromatic carbocycles. The molecular formula is C54H36N2S. The van der Waals surface area contributed by atoms with Crippen molar-refractivity contribution < 1.29 is 0 Å². The molecule has 11 rings (SSSR count). The minimum atomic E-state index is 1.10. The fraction of sp³-hybridized carbons (Fsp3) is 0. The third kappa shape index (κ3) is 5.63.